The van der Waals surface area contributed by atoms with Crippen LogP contribution in [0.3, 0.4) is 0 Å². The maximum absolute atomic E-state index is 13.6. The third-order valence-electron chi connectivity index (χ3n) is 6.93. The number of amides is 3. The quantitative estimate of drug-likeness (QED) is 0.0917. The predicted molar refractivity (Wildman–Crippen MR) is 189 cm³/mol. The lowest BCUT2D eigenvalue weighted by Crippen LogP contribution is -2.30. The van der Waals surface area contributed by atoms with Crippen LogP contribution >= 0.6 is 23.4 Å². The van der Waals surface area contributed by atoms with Gasteiger partial charge < -0.3 is 25.4 Å². The Labute approximate surface area is 287 Å². The van der Waals surface area contributed by atoms with E-state index < -0.39 is 17.1 Å². The molecule has 11 heteroatoms. The van der Waals surface area contributed by atoms with Crippen LogP contribution in [0.2, 0.25) is 5.02 Å². The van der Waals surface area contributed by atoms with Gasteiger partial charge in [-0.2, -0.15) is 0 Å². The average Bonchev–Trinajstić information content (AvgIpc) is 3.12. The van der Waals surface area contributed by atoms with Crippen molar-refractivity contribution in [2.45, 2.75) is 10.1 Å². The zero-order valence-corrected chi connectivity index (χ0v) is 27.5. The summed E-state index contributed by atoms with van der Waals surface area (Å²) in [6.45, 7) is 0. The van der Waals surface area contributed by atoms with Crippen molar-refractivity contribution in [2.75, 3.05) is 24.9 Å². The fourth-order valence-electron chi connectivity index (χ4n) is 4.55. The number of carbonyl (C=O) groups excluding carboxylic acids is 3. The minimum Gasteiger partial charge on any atom is -0.493 e. The summed E-state index contributed by atoms with van der Waals surface area (Å²) in [5.74, 6) is 0.161. The van der Waals surface area contributed by atoms with Crippen molar-refractivity contribution in [3.05, 3.63) is 149 Å². The highest BCUT2D eigenvalue weighted by molar-refractivity contribution is 8.00. The van der Waals surface area contributed by atoms with Crippen LogP contribution in [0.4, 0.5) is 11.5 Å². The van der Waals surface area contributed by atoms with Crippen LogP contribution in [-0.4, -0.2) is 36.9 Å². The molecule has 1 aromatic heterocycles. The van der Waals surface area contributed by atoms with E-state index in [4.69, 9.17) is 21.1 Å². The Hall–Kier alpha value is -5.58. The molecule has 9 nitrogen and oxygen atoms in total. The number of anilines is 2. The smallest absolute Gasteiger partial charge is 0.272 e. The number of carbonyl (C=O) groups is 3. The van der Waals surface area contributed by atoms with Crippen molar-refractivity contribution in [1.82, 2.24) is 10.3 Å². The summed E-state index contributed by atoms with van der Waals surface area (Å²) < 4.78 is 10.7. The standard InChI is InChI=1S/C37H31ClN4O5S/c1-46-31-19-13-24(22-32(31)47-2)21-30(41-35(43)26-11-7-4-8-12-26)36(44)40-28-15-17-29(18-16-28)48-34(25-9-5-3-6-10-25)37(45)42-33-20-14-27(38)23-39-33/h3-23,34H,1-2H3,(H,40,44)(H,41,43)(H,39,42,45)/b30-21-. The molecule has 1 atom stereocenters. The molecule has 0 aliphatic rings. The number of aromatic nitrogens is 1. The second kappa shape index (κ2) is 16.3. The normalized spacial score (nSPS) is 11.6. The molecule has 1 heterocycles. The molecule has 242 valence electrons. The first-order valence-corrected chi connectivity index (χ1v) is 15.9. The second-order valence-electron chi connectivity index (χ2n) is 10.2. The molecule has 0 saturated heterocycles. The Morgan fingerprint density at radius 1 is 0.792 bits per heavy atom. The molecule has 0 aliphatic heterocycles. The Morgan fingerprint density at radius 2 is 1.48 bits per heavy atom. The van der Waals surface area contributed by atoms with Crippen molar-refractivity contribution in [3.63, 3.8) is 0 Å². The topological polar surface area (TPSA) is 119 Å². The largest absolute Gasteiger partial charge is 0.493 e. The van der Waals surface area contributed by atoms with Crippen molar-refractivity contribution >= 4 is 58.7 Å². The second-order valence-corrected chi connectivity index (χ2v) is 11.8. The lowest BCUT2D eigenvalue weighted by Gasteiger charge is -2.17. The number of methoxy groups -OCH3 is 2. The van der Waals surface area contributed by atoms with Crippen molar-refractivity contribution in [1.29, 1.82) is 0 Å². The molecule has 0 radical (unpaired) electrons. The van der Waals surface area contributed by atoms with E-state index in [0.717, 1.165) is 10.5 Å². The van der Waals surface area contributed by atoms with Crippen LogP contribution in [0.25, 0.3) is 6.08 Å². The van der Waals surface area contributed by atoms with Gasteiger partial charge in [-0.05, 0) is 77.9 Å². The lowest BCUT2D eigenvalue weighted by atomic mass is 10.1. The molecule has 3 amide bonds. The van der Waals surface area contributed by atoms with Gasteiger partial charge in [0.25, 0.3) is 11.8 Å². The molecule has 0 bridgehead atoms. The predicted octanol–water partition coefficient (Wildman–Crippen LogP) is 7.63. The van der Waals surface area contributed by atoms with Gasteiger partial charge in [0, 0.05) is 22.3 Å². The van der Waals surface area contributed by atoms with E-state index in [9.17, 15) is 14.4 Å². The van der Waals surface area contributed by atoms with Gasteiger partial charge in [0.2, 0.25) is 5.91 Å². The summed E-state index contributed by atoms with van der Waals surface area (Å²) in [5.41, 5.74) is 2.32. The van der Waals surface area contributed by atoms with E-state index in [1.54, 1.807) is 78.9 Å². The number of thioether (sulfide) groups is 1. The fraction of sp³-hybridized carbons (Fsp3) is 0.0811. The monoisotopic (exact) mass is 678 g/mol. The van der Waals surface area contributed by atoms with E-state index in [1.165, 1.54) is 32.2 Å². The van der Waals surface area contributed by atoms with Gasteiger partial charge in [-0.1, -0.05) is 66.2 Å². The maximum Gasteiger partial charge on any atom is 0.272 e. The summed E-state index contributed by atoms with van der Waals surface area (Å²) in [5, 5.41) is 8.33. The summed E-state index contributed by atoms with van der Waals surface area (Å²) in [7, 11) is 3.05. The number of benzene rings is 4. The summed E-state index contributed by atoms with van der Waals surface area (Å²) in [6, 6.07) is 33.6. The van der Waals surface area contributed by atoms with Crippen LogP contribution in [-0.2, 0) is 9.59 Å². The zero-order chi connectivity index (χ0) is 33.9. The number of rotatable bonds is 12. The van der Waals surface area contributed by atoms with Crippen molar-refractivity contribution in [3.8, 4) is 11.5 Å². The molecule has 4 aromatic carbocycles. The van der Waals surface area contributed by atoms with Crippen molar-refractivity contribution < 1.29 is 23.9 Å². The van der Waals surface area contributed by atoms with Gasteiger partial charge in [-0.3, -0.25) is 14.4 Å². The van der Waals surface area contributed by atoms with Gasteiger partial charge >= 0.3 is 0 Å². The van der Waals surface area contributed by atoms with E-state index in [0.29, 0.717) is 39.2 Å². The average molecular weight is 679 g/mol. The maximum atomic E-state index is 13.6. The van der Waals surface area contributed by atoms with E-state index >= 15 is 0 Å². The minimum absolute atomic E-state index is 0.0196. The molecule has 0 spiro atoms. The molecular formula is C37H31ClN4O5S. The minimum atomic E-state index is -0.589. The van der Waals surface area contributed by atoms with Gasteiger partial charge in [-0.25, -0.2) is 4.98 Å². The van der Waals surface area contributed by atoms with Crippen LogP contribution in [0, 0.1) is 0 Å². The van der Waals surface area contributed by atoms with Crippen molar-refractivity contribution in [2.24, 2.45) is 0 Å². The number of nitrogens with one attached hydrogen (secondary N) is 3. The number of hydrogen-bond acceptors (Lipinski definition) is 7. The first kappa shape index (κ1) is 33.8. The Kier molecular flexibility index (Phi) is 11.5. The lowest BCUT2D eigenvalue weighted by molar-refractivity contribution is -0.116. The molecule has 5 rings (SSSR count). The van der Waals surface area contributed by atoms with E-state index in [2.05, 4.69) is 20.9 Å². The number of ether oxygens (including phenoxy) is 2. The van der Waals surface area contributed by atoms with Crippen LogP contribution in [0.15, 0.2) is 132 Å². The molecule has 0 fully saturated rings. The van der Waals surface area contributed by atoms with E-state index in [-0.39, 0.29) is 11.6 Å². The number of pyridine rings is 1. The number of nitrogens with zero attached hydrogens (tertiary/aromatic N) is 1. The van der Waals surface area contributed by atoms with Gasteiger partial charge in [-0.15, -0.1) is 11.8 Å². The number of halogens is 1. The fourth-order valence-corrected chi connectivity index (χ4v) is 5.68. The van der Waals surface area contributed by atoms with Gasteiger partial charge in [0.05, 0.1) is 19.2 Å². The molecule has 0 aliphatic carbocycles. The Bertz CT molecular complexity index is 1900. The highest BCUT2D eigenvalue weighted by Crippen LogP contribution is 2.37. The van der Waals surface area contributed by atoms with E-state index in [1.807, 2.05) is 42.5 Å². The molecular weight excluding hydrogens is 648 g/mol. The van der Waals surface area contributed by atoms with Crippen LogP contribution in [0.1, 0.15) is 26.7 Å². The zero-order valence-electron chi connectivity index (χ0n) is 26.0. The SMILES string of the molecule is COc1ccc(/C=C(\NC(=O)c2ccccc2)C(=O)Nc2ccc(SC(C(=O)Nc3ccc(Cl)cn3)c3ccccc3)cc2)cc1OC. The summed E-state index contributed by atoms with van der Waals surface area (Å²) in [6.07, 6.45) is 3.03. The number of hydrogen-bond donors (Lipinski definition) is 3. The highest BCUT2D eigenvalue weighted by atomic mass is 35.5. The molecule has 5 aromatic rings. The Balaban J connectivity index is 1.35. The molecule has 48 heavy (non-hydrogen) atoms. The van der Waals surface area contributed by atoms with Crippen LogP contribution in [0.5, 0.6) is 11.5 Å². The van der Waals surface area contributed by atoms with Crippen LogP contribution < -0.4 is 25.4 Å². The summed E-state index contributed by atoms with van der Waals surface area (Å²) >= 11 is 7.30. The Morgan fingerprint density at radius 3 is 2.12 bits per heavy atom. The summed E-state index contributed by atoms with van der Waals surface area (Å²) in [4.78, 5) is 45.0. The first-order valence-electron chi connectivity index (χ1n) is 14.7. The molecule has 0 saturated carbocycles. The highest BCUT2D eigenvalue weighted by Gasteiger charge is 2.23. The third kappa shape index (κ3) is 9.03. The van der Waals surface area contributed by atoms with Gasteiger partial charge in [0.15, 0.2) is 11.5 Å². The molecule has 3 N–H and O–H groups in total. The third-order valence-corrected chi connectivity index (χ3v) is 8.42. The first-order chi connectivity index (χ1) is 23.3. The van der Waals surface area contributed by atoms with Gasteiger partial charge in [0.1, 0.15) is 16.8 Å². The molecule has 1 unspecified atom stereocenters.